The third kappa shape index (κ3) is 2.16. The molecule has 0 saturated heterocycles. The Balaban J connectivity index is 1.93. The molecule has 2 heterocycles. The predicted molar refractivity (Wildman–Crippen MR) is 55.0 cm³/mol. The first-order valence-electron chi connectivity index (χ1n) is 4.95. The molecular formula is C10H12N2O4. The minimum Gasteiger partial charge on any atom is -0.480 e. The standard InChI is InChI=1S/C10H12N2O4/c13-9(14)3-12-10(15)6-1-7-4-16-5-8(7)11-2-6/h4-6,11H,1-3H2,(H,12,15)(H,13,14). The van der Waals surface area contributed by atoms with E-state index in [1.807, 2.05) is 0 Å². The van der Waals surface area contributed by atoms with Crippen LogP contribution in [0.4, 0.5) is 5.69 Å². The highest BCUT2D eigenvalue weighted by atomic mass is 16.4. The summed E-state index contributed by atoms with van der Waals surface area (Å²) < 4.78 is 5.01. The fourth-order valence-corrected chi connectivity index (χ4v) is 1.70. The molecule has 2 rings (SSSR count). The number of carboxylic acid groups (broad SMARTS) is 1. The third-order valence-corrected chi connectivity index (χ3v) is 2.53. The minimum atomic E-state index is -1.04. The van der Waals surface area contributed by atoms with E-state index in [0.29, 0.717) is 13.0 Å². The fourth-order valence-electron chi connectivity index (χ4n) is 1.70. The van der Waals surface area contributed by atoms with Crippen LogP contribution in [0.3, 0.4) is 0 Å². The molecule has 16 heavy (non-hydrogen) atoms. The zero-order chi connectivity index (χ0) is 11.5. The molecule has 1 unspecified atom stereocenters. The number of hydrogen-bond acceptors (Lipinski definition) is 4. The second kappa shape index (κ2) is 4.26. The highest BCUT2D eigenvalue weighted by Crippen LogP contribution is 2.25. The number of nitrogens with one attached hydrogen (secondary N) is 2. The molecule has 0 fully saturated rings. The molecule has 6 heteroatoms. The quantitative estimate of drug-likeness (QED) is 0.675. The summed E-state index contributed by atoms with van der Waals surface area (Å²) in [6.07, 6.45) is 3.77. The first-order valence-corrected chi connectivity index (χ1v) is 4.95. The van der Waals surface area contributed by atoms with Crippen molar-refractivity contribution in [3.63, 3.8) is 0 Å². The number of carbonyl (C=O) groups is 2. The number of rotatable bonds is 3. The monoisotopic (exact) mass is 224 g/mol. The first kappa shape index (κ1) is 10.5. The van der Waals surface area contributed by atoms with Crippen LogP contribution in [0, 0.1) is 5.92 Å². The first-order chi connectivity index (χ1) is 7.66. The number of hydrogen-bond donors (Lipinski definition) is 3. The number of fused-ring (bicyclic) bond motifs is 1. The van der Waals surface area contributed by atoms with Crippen LogP contribution < -0.4 is 10.6 Å². The van der Waals surface area contributed by atoms with Crippen molar-refractivity contribution in [2.75, 3.05) is 18.4 Å². The van der Waals surface area contributed by atoms with Crippen LogP contribution in [0.25, 0.3) is 0 Å². The SMILES string of the molecule is O=C(O)CNC(=O)C1CNc2cocc2C1. The number of anilines is 1. The molecule has 1 aliphatic heterocycles. The minimum absolute atomic E-state index is 0.246. The smallest absolute Gasteiger partial charge is 0.322 e. The highest BCUT2D eigenvalue weighted by molar-refractivity contribution is 5.84. The Morgan fingerprint density at radius 2 is 2.38 bits per heavy atom. The largest absolute Gasteiger partial charge is 0.480 e. The van der Waals surface area contributed by atoms with E-state index in [4.69, 9.17) is 9.52 Å². The molecule has 1 aromatic heterocycles. The van der Waals surface area contributed by atoms with E-state index in [1.165, 1.54) is 0 Å². The average molecular weight is 224 g/mol. The average Bonchev–Trinajstić information content (AvgIpc) is 2.72. The second-order valence-corrected chi connectivity index (χ2v) is 3.70. The van der Waals surface area contributed by atoms with E-state index in [9.17, 15) is 9.59 Å². The summed E-state index contributed by atoms with van der Waals surface area (Å²) in [7, 11) is 0. The number of aliphatic carboxylic acids is 1. The van der Waals surface area contributed by atoms with Gasteiger partial charge in [-0.3, -0.25) is 9.59 Å². The molecule has 1 atom stereocenters. The zero-order valence-corrected chi connectivity index (χ0v) is 8.53. The predicted octanol–water partition coefficient (Wildman–Crippen LogP) is 0.0646. The van der Waals surface area contributed by atoms with Crippen molar-refractivity contribution in [3.05, 3.63) is 18.1 Å². The second-order valence-electron chi connectivity index (χ2n) is 3.70. The van der Waals surface area contributed by atoms with Gasteiger partial charge in [-0.05, 0) is 6.42 Å². The Morgan fingerprint density at radius 3 is 3.12 bits per heavy atom. The summed E-state index contributed by atoms with van der Waals surface area (Å²) in [6, 6.07) is 0. The summed E-state index contributed by atoms with van der Waals surface area (Å²) >= 11 is 0. The molecule has 0 aliphatic carbocycles. The molecule has 6 nitrogen and oxygen atoms in total. The molecule has 0 bridgehead atoms. The molecule has 1 amide bonds. The Hall–Kier alpha value is -1.98. The van der Waals surface area contributed by atoms with Crippen LogP contribution in [0.1, 0.15) is 5.56 Å². The van der Waals surface area contributed by atoms with E-state index in [1.54, 1.807) is 12.5 Å². The Labute approximate surface area is 91.6 Å². The van der Waals surface area contributed by atoms with Gasteiger partial charge in [0.25, 0.3) is 0 Å². The molecule has 1 aliphatic rings. The van der Waals surface area contributed by atoms with Gasteiger partial charge in [-0.25, -0.2) is 0 Å². The van der Waals surface area contributed by atoms with Gasteiger partial charge in [-0.15, -0.1) is 0 Å². The van der Waals surface area contributed by atoms with E-state index in [2.05, 4.69) is 10.6 Å². The van der Waals surface area contributed by atoms with E-state index >= 15 is 0 Å². The molecule has 1 aromatic rings. The lowest BCUT2D eigenvalue weighted by Gasteiger charge is -2.21. The molecular weight excluding hydrogens is 212 g/mol. The summed E-state index contributed by atoms with van der Waals surface area (Å²) in [5, 5.41) is 13.9. The van der Waals surface area contributed by atoms with E-state index in [0.717, 1.165) is 11.3 Å². The van der Waals surface area contributed by atoms with Gasteiger partial charge in [-0.1, -0.05) is 0 Å². The summed E-state index contributed by atoms with van der Waals surface area (Å²) in [5.41, 5.74) is 1.85. The van der Waals surface area contributed by atoms with E-state index in [-0.39, 0.29) is 18.4 Å². The van der Waals surface area contributed by atoms with Gasteiger partial charge in [0.05, 0.1) is 17.9 Å². The topological polar surface area (TPSA) is 91.6 Å². The van der Waals surface area contributed by atoms with Crippen molar-refractivity contribution in [3.8, 4) is 0 Å². The number of carbonyl (C=O) groups excluding carboxylic acids is 1. The number of carboxylic acids is 1. The molecule has 3 N–H and O–H groups in total. The maximum Gasteiger partial charge on any atom is 0.322 e. The number of furan rings is 1. The van der Waals surface area contributed by atoms with Gasteiger partial charge < -0.3 is 20.2 Å². The van der Waals surface area contributed by atoms with Crippen molar-refractivity contribution >= 4 is 17.6 Å². The lowest BCUT2D eigenvalue weighted by Crippen LogP contribution is -2.40. The molecule has 0 aromatic carbocycles. The van der Waals surface area contributed by atoms with Crippen molar-refractivity contribution in [2.24, 2.45) is 5.92 Å². The van der Waals surface area contributed by atoms with Crippen LogP contribution in [0.2, 0.25) is 0 Å². The van der Waals surface area contributed by atoms with Gasteiger partial charge in [0.2, 0.25) is 5.91 Å². The normalized spacial score (nSPS) is 18.4. The highest BCUT2D eigenvalue weighted by Gasteiger charge is 2.25. The lowest BCUT2D eigenvalue weighted by atomic mass is 9.96. The van der Waals surface area contributed by atoms with Gasteiger partial charge in [-0.2, -0.15) is 0 Å². The van der Waals surface area contributed by atoms with E-state index < -0.39 is 5.97 Å². The van der Waals surface area contributed by atoms with Crippen molar-refractivity contribution < 1.29 is 19.1 Å². The Kier molecular flexibility index (Phi) is 2.80. The number of amides is 1. The molecule has 86 valence electrons. The maximum atomic E-state index is 11.6. The maximum absolute atomic E-state index is 11.6. The van der Waals surface area contributed by atoms with Gasteiger partial charge in [0, 0.05) is 12.1 Å². The Morgan fingerprint density at radius 1 is 1.56 bits per heavy atom. The van der Waals surface area contributed by atoms with Gasteiger partial charge >= 0.3 is 5.97 Å². The van der Waals surface area contributed by atoms with Gasteiger partial charge in [0.15, 0.2) is 0 Å². The molecule has 0 spiro atoms. The molecule has 0 saturated carbocycles. The van der Waals surface area contributed by atoms with Crippen molar-refractivity contribution in [1.29, 1.82) is 0 Å². The van der Waals surface area contributed by atoms with Crippen LogP contribution >= 0.6 is 0 Å². The fraction of sp³-hybridized carbons (Fsp3) is 0.400. The van der Waals surface area contributed by atoms with Crippen molar-refractivity contribution in [2.45, 2.75) is 6.42 Å². The van der Waals surface area contributed by atoms with Crippen LogP contribution in [-0.4, -0.2) is 30.1 Å². The zero-order valence-electron chi connectivity index (χ0n) is 8.53. The van der Waals surface area contributed by atoms with Crippen LogP contribution in [-0.2, 0) is 16.0 Å². The summed E-state index contributed by atoms with van der Waals surface area (Å²) in [5.74, 6) is -1.53. The van der Waals surface area contributed by atoms with Crippen LogP contribution in [0.5, 0.6) is 0 Å². The summed E-state index contributed by atoms with van der Waals surface area (Å²) in [4.78, 5) is 21.9. The Bertz CT molecular complexity index is 413. The third-order valence-electron chi connectivity index (χ3n) is 2.53. The van der Waals surface area contributed by atoms with Crippen LogP contribution in [0.15, 0.2) is 16.9 Å². The summed E-state index contributed by atoms with van der Waals surface area (Å²) in [6.45, 7) is 0.158. The van der Waals surface area contributed by atoms with Crippen molar-refractivity contribution in [1.82, 2.24) is 5.32 Å². The van der Waals surface area contributed by atoms with Gasteiger partial charge in [0.1, 0.15) is 12.8 Å². The molecule has 0 radical (unpaired) electrons. The lowest BCUT2D eigenvalue weighted by molar-refractivity contribution is -0.138.